The molecule has 0 saturated carbocycles. The van der Waals surface area contributed by atoms with Crippen molar-refractivity contribution in [2.45, 2.75) is 19.3 Å². The molecule has 1 aliphatic heterocycles. The lowest BCUT2D eigenvalue weighted by Crippen LogP contribution is -2.56. The lowest BCUT2D eigenvalue weighted by atomic mass is 9.61. The lowest BCUT2D eigenvalue weighted by Gasteiger charge is -2.49. The molecule has 0 amide bonds. The highest BCUT2D eigenvalue weighted by molar-refractivity contribution is 5.76. The molecular weight excluding hydrogens is 238 g/mol. The average molecular weight is 255 g/mol. The molecule has 4 nitrogen and oxygen atoms in total. The number of ether oxygens (including phenoxy) is 1. The minimum absolute atomic E-state index is 0.215. The number of rotatable bonds is 2. The minimum Gasteiger partial charge on any atom is -0.379 e. The summed E-state index contributed by atoms with van der Waals surface area (Å²) in [5.41, 5.74) is 2.56. The Kier molecular flexibility index (Phi) is 2.45. The summed E-state index contributed by atoms with van der Waals surface area (Å²) in [6.07, 6.45) is 1.81. The lowest BCUT2D eigenvalue weighted by molar-refractivity contribution is -0.102. The van der Waals surface area contributed by atoms with Crippen molar-refractivity contribution in [2.75, 3.05) is 13.2 Å². The third-order valence-corrected chi connectivity index (χ3v) is 4.45. The smallest absolute Gasteiger partial charge is 0.0955 e. The van der Waals surface area contributed by atoms with E-state index in [-0.39, 0.29) is 5.41 Å². The van der Waals surface area contributed by atoms with Crippen LogP contribution in [-0.4, -0.2) is 22.8 Å². The van der Waals surface area contributed by atoms with Crippen molar-refractivity contribution in [2.24, 2.45) is 12.5 Å². The van der Waals surface area contributed by atoms with Gasteiger partial charge in [-0.1, -0.05) is 6.07 Å². The summed E-state index contributed by atoms with van der Waals surface area (Å²) in [5, 5.41) is 9.45. The molecule has 1 fully saturated rings. The second-order valence-corrected chi connectivity index (χ2v) is 5.87. The summed E-state index contributed by atoms with van der Waals surface area (Å²) in [7, 11) is 1.98. The first-order valence-electron chi connectivity index (χ1n) is 6.41. The topological polar surface area (TPSA) is 50.8 Å². The molecule has 1 aromatic heterocycles. The number of nitrogens with zero attached hydrogens (tertiary/aromatic N) is 3. The first-order chi connectivity index (χ1) is 9.00. The van der Waals surface area contributed by atoms with E-state index in [0.29, 0.717) is 13.2 Å². The van der Waals surface area contributed by atoms with E-state index in [1.54, 1.807) is 0 Å². The van der Waals surface area contributed by atoms with Crippen molar-refractivity contribution in [3.05, 3.63) is 30.1 Å². The predicted octanol–water partition coefficient (Wildman–Crippen LogP) is 2.39. The van der Waals surface area contributed by atoms with Gasteiger partial charge in [-0.3, -0.25) is 0 Å². The molecular formula is C15H17N3O. The first kappa shape index (κ1) is 12.2. The van der Waals surface area contributed by atoms with E-state index < -0.39 is 5.41 Å². The van der Waals surface area contributed by atoms with Crippen LogP contribution in [0.4, 0.5) is 0 Å². The second-order valence-electron chi connectivity index (χ2n) is 5.87. The SMILES string of the molecule is Cn1cnc2cc(C3(C(C)(C)C#N)COC3)ccc21. The Morgan fingerprint density at radius 2 is 2.16 bits per heavy atom. The fraction of sp³-hybridized carbons (Fsp3) is 0.467. The van der Waals surface area contributed by atoms with Crippen molar-refractivity contribution < 1.29 is 4.74 Å². The number of hydrogen-bond donors (Lipinski definition) is 0. The van der Waals surface area contributed by atoms with Crippen molar-refractivity contribution in [1.82, 2.24) is 9.55 Å². The summed E-state index contributed by atoms with van der Waals surface area (Å²) in [4.78, 5) is 4.40. The monoisotopic (exact) mass is 255 g/mol. The Morgan fingerprint density at radius 3 is 2.74 bits per heavy atom. The molecule has 0 bridgehead atoms. The van der Waals surface area contributed by atoms with Crippen LogP contribution in [-0.2, 0) is 17.2 Å². The fourth-order valence-electron chi connectivity index (χ4n) is 2.74. The highest BCUT2D eigenvalue weighted by Gasteiger charge is 2.52. The van der Waals surface area contributed by atoms with Crippen LogP contribution in [0.15, 0.2) is 24.5 Å². The van der Waals surface area contributed by atoms with Crippen LogP contribution in [0.2, 0.25) is 0 Å². The van der Waals surface area contributed by atoms with Crippen LogP contribution < -0.4 is 0 Å². The second kappa shape index (κ2) is 3.82. The normalized spacial score (nSPS) is 18.0. The van der Waals surface area contributed by atoms with Gasteiger partial charge in [0.05, 0.1) is 47.5 Å². The standard InChI is InChI=1S/C15H17N3O/c1-14(2,7-16)15(8-19-9-15)11-4-5-13-12(6-11)17-10-18(13)3/h4-6,10H,8-9H2,1-3H3. The van der Waals surface area contributed by atoms with Crippen LogP contribution in [0, 0.1) is 16.7 Å². The highest BCUT2D eigenvalue weighted by atomic mass is 16.5. The van der Waals surface area contributed by atoms with Gasteiger partial charge in [0.15, 0.2) is 0 Å². The molecule has 19 heavy (non-hydrogen) atoms. The van der Waals surface area contributed by atoms with Crippen LogP contribution in [0.3, 0.4) is 0 Å². The average Bonchev–Trinajstić information content (AvgIpc) is 2.69. The molecule has 0 radical (unpaired) electrons. The summed E-state index contributed by atoms with van der Waals surface area (Å²) in [6, 6.07) is 8.70. The number of imidazole rings is 1. The van der Waals surface area contributed by atoms with Gasteiger partial charge in [0.25, 0.3) is 0 Å². The third kappa shape index (κ3) is 1.52. The Bertz CT molecular complexity index is 674. The molecule has 0 atom stereocenters. The Morgan fingerprint density at radius 1 is 1.42 bits per heavy atom. The fourth-order valence-corrected chi connectivity index (χ4v) is 2.74. The molecule has 1 saturated heterocycles. The van der Waals surface area contributed by atoms with Crippen molar-refractivity contribution in [3.8, 4) is 6.07 Å². The Balaban J connectivity index is 2.15. The van der Waals surface area contributed by atoms with Gasteiger partial charge in [-0.05, 0) is 31.5 Å². The van der Waals surface area contributed by atoms with Crippen LogP contribution in [0.25, 0.3) is 11.0 Å². The van der Waals surface area contributed by atoms with Gasteiger partial charge in [-0.2, -0.15) is 5.26 Å². The maximum Gasteiger partial charge on any atom is 0.0955 e. The van der Waals surface area contributed by atoms with Gasteiger partial charge < -0.3 is 9.30 Å². The van der Waals surface area contributed by atoms with E-state index in [1.165, 1.54) is 0 Å². The van der Waals surface area contributed by atoms with Gasteiger partial charge in [0.2, 0.25) is 0 Å². The van der Waals surface area contributed by atoms with E-state index in [9.17, 15) is 5.26 Å². The van der Waals surface area contributed by atoms with Crippen LogP contribution in [0.1, 0.15) is 19.4 Å². The van der Waals surface area contributed by atoms with Crippen LogP contribution in [0.5, 0.6) is 0 Å². The van der Waals surface area contributed by atoms with Crippen LogP contribution >= 0.6 is 0 Å². The first-order valence-corrected chi connectivity index (χ1v) is 6.41. The van der Waals surface area contributed by atoms with Crippen molar-refractivity contribution in [3.63, 3.8) is 0 Å². The molecule has 98 valence electrons. The zero-order chi connectivity index (χ0) is 13.7. The number of aryl methyl sites for hydroxylation is 1. The number of benzene rings is 1. The summed E-state index contributed by atoms with van der Waals surface area (Å²) < 4.78 is 7.42. The summed E-state index contributed by atoms with van der Waals surface area (Å²) >= 11 is 0. The zero-order valence-corrected chi connectivity index (χ0v) is 11.5. The predicted molar refractivity (Wildman–Crippen MR) is 72.6 cm³/mol. The van der Waals surface area contributed by atoms with Gasteiger partial charge in [-0.25, -0.2) is 4.98 Å². The Hall–Kier alpha value is -1.86. The molecule has 2 aromatic rings. The zero-order valence-electron chi connectivity index (χ0n) is 11.5. The van der Waals surface area contributed by atoms with Crippen molar-refractivity contribution in [1.29, 1.82) is 5.26 Å². The molecule has 1 aliphatic rings. The van der Waals surface area contributed by atoms with E-state index in [2.05, 4.69) is 29.3 Å². The number of aromatic nitrogens is 2. The maximum absolute atomic E-state index is 9.45. The van der Waals surface area contributed by atoms with E-state index >= 15 is 0 Å². The van der Waals surface area contributed by atoms with Gasteiger partial charge in [0, 0.05) is 7.05 Å². The summed E-state index contributed by atoms with van der Waals surface area (Å²) in [6.45, 7) is 5.17. The number of hydrogen-bond acceptors (Lipinski definition) is 3. The minimum atomic E-state index is -0.451. The largest absolute Gasteiger partial charge is 0.379 e. The molecule has 0 N–H and O–H groups in total. The van der Waals surface area contributed by atoms with Gasteiger partial charge >= 0.3 is 0 Å². The van der Waals surface area contributed by atoms with E-state index in [1.807, 2.05) is 31.8 Å². The van der Waals surface area contributed by atoms with Gasteiger partial charge in [0.1, 0.15) is 0 Å². The van der Waals surface area contributed by atoms with E-state index in [0.717, 1.165) is 16.6 Å². The number of nitriles is 1. The quantitative estimate of drug-likeness (QED) is 0.828. The van der Waals surface area contributed by atoms with Gasteiger partial charge in [-0.15, -0.1) is 0 Å². The van der Waals surface area contributed by atoms with Crippen molar-refractivity contribution >= 4 is 11.0 Å². The summed E-state index contributed by atoms with van der Waals surface area (Å²) in [5.74, 6) is 0. The Labute approximate surface area is 112 Å². The molecule has 1 aromatic carbocycles. The van der Waals surface area contributed by atoms with E-state index in [4.69, 9.17) is 4.74 Å². The molecule has 4 heteroatoms. The third-order valence-electron chi connectivity index (χ3n) is 4.45. The molecule has 3 rings (SSSR count). The highest BCUT2D eigenvalue weighted by Crippen LogP contribution is 2.47. The maximum atomic E-state index is 9.45. The molecule has 0 aliphatic carbocycles. The number of fused-ring (bicyclic) bond motifs is 1. The molecule has 0 unspecified atom stereocenters. The molecule has 2 heterocycles. The molecule has 0 spiro atoms.